The lowest BCUT2D eigenvalue weighted by molar-refractivity contribution is -0.149. The van der Waals surface area contributed by atoms with Crippen molar-refractivity contribution in [3.05, 3.63) is 30.3 Å². The largest absolute Gasteiger partial charge is 0.462 e. The van der Waals surface area contributed by atoms with Crippen LogP contribution in [0.3, 0.4) is 0 Å². The summed E-state index contributed by atoms with van der Waals surface area (Å²) in [6, 6.07) is 7.50. The molecule has 0 aromatic heterocycles. The fourth-order valence-electron chi connectivity index (χ4n) is 3.98. The molecule has 39 heavy (non-hydrogen) atoms. The predicted molar refractivity (Wildman–Crippen MR) is 147 cm³/mol. The van der Waals surface area contributed by atoms with Crippen molar-refractivity contribution in [2.24, 2.45) is 0 Å². The number of alkyl halides is 2. The lowest BCUT2D eigenvalue weighted by Crippen LogP contribution is -2.36. The molecule has 0 amide bonds. The zero-order valence-corrected chi connectivity index (χ0v) is 25.5. The summed E-state index contributed by atoms with van der Waals surface area (Å²) in [7, 11) is -4.26. The van der Waals surface area contributed by atoms with Crippen molar-refractivity contribution in [2.45, 2.75) is 109 Å². The molecular formula is C26H43F2NO8P2. The average Bonchev–Trinajstić information content (AvgIpc) is 3.28. The van der Waals surface area contributed by atoms with Crippen molar-refractivity contribution in [1.29, 1.82) is 1.28 Å². The molecule has 0 saturated carbocycles. The number of hydrogen-bond acceptors (Lipinski definition) is 8. The molecule has 2 aliphatic heterocycles. The van der Waals surface area contributed by atoms with Crippen LogP contribution >= 0.6 is 17.2 Å². The number of benzene rings is 1. The van der Waals surface area contributed by atoms with Gasteiger partial charge in [-0.1, -0.05) is 18.2 Å². The fraction of sp³-hybridized carbons (Fsp3) is 0.731. The van der Waals surface area contributed by atoms with Crippen molar-refractivity contribution in [2.75, 3.05) is 13.2 Å². The molecule has 224 valence electrons. The van der Waals surface area contributed by atoms with Crippen LogP contribution < -0.4 is 9.61 Å². The molecule has 0 bridgehead atoms. The molecule has 9 nitrogen and oxygen atoms in total. The molecule has 1 N–H and O–H groups in total. The number of ether oxygens (including phenoxy) is 3. The third-order valence-corrected chi connectivity index (χ3v) is 8.28. The maximum absolute atomic E-state index is 14.3. The van der Waals surface area contributed by atoms with Crippen molar-refractivity contribution in [3.8, 4) is 5.75 Å². The van der Waals surface area contributed by atoms with E-state index in [1.54, 1.807) is 65.0 Å². The molecule has 2 saturated heterocycles. The second-order valence-corrected chi connectivity index (χ2v) is 12.6. The minimum Gasteiger partial charge on any atom is -0.462 e. The normalized spacial score (nSPS) is 33.3. The number of hydrogen-bond donors (Lipinski definition) is 1. The summed E-state index contributed by atoms with van der Waals surface area (Å²) in [6.07, 6.45) is -1.53. The first-order valence-electron chi connectivity index (χ1n) is 13.5. The van der Waals surface area contributed by atoms with Crippen LogP contribution in [0.2, 0.25) is 0 Å². The van der Waals surface area contributed by atoms with Crippen LogP contribution in [0.25, 0.3) is 0 Å². The monoisotopic (exact) mass is 598 g/mol. The molecule has 2 unspecified atom stereocenters. The highest BCUT2D eigenvalue weighted by Gasteiger charge is 2.44. The van der Waals surface area contributed by atoms with E-state index in [0.717, 1.165) is 0 Å². The molecule has 2 aliphatic rings. The van der Waals surface area contributed by atoms with E-state index in [1.165, 1.54) is 13.8 Å². The smallest absolute Gasteiger partial charge is 0.459 e. The topological polar surface area (TPSA) is 102 Å². The van der Waals surface area contributed by atoms with E-state index in [0.29, 0.717) is 18.8 Å². The molecule has 9 atom stereocenters. The van der Waals surface area contributed by atoms with Gasteiger partial charge in [0.2, 0.25) is 0 Å². The summed E-state index contributed by atoms with van der Waals surface area (Å²) in [5.74, 6) is -0.281. The molecule has 13 heteroatoms. The van der Waals surface area contributed by atoms with Crippen LogP contribution in [0.1, 0.15) is 61.3 Å². The summed E-state index contributed by atoms with van der Waals surface area (Å²) < 4.78 is 79.7. The second-order valence-electron chi connectivity index (χ2n) is 10.6. The Balaban J connectivity index is 0.000000389. The molecule has 1 aromatic rings. The van der Waals surface area contributed by atoms with Crippen molar-refractivity contribution in [3.63, 3.8) is 0 Å². The van der Waals surface area contributed by atoms with Gasteiger partial charge in [-0.05, 0) is 60.6 Å². The maximum atomic E-state index is 14.3. The van der Waals surface area contributed by atoms with Gasteiger partial charge in [0.1, 0.15) is 23.1 Å². The lowest BCUT2D eigenvalue weighted by atomic mass is 10.00. The molecule has 0 aliphatic carbocycles. The number of carbonyl (C=O) groups excluding carboxylic acids is 1. The predicted octanol–water partition coefficient (Wildman–Crippen LogP) is 5.72. The van der Waals surface area contributed by atoms with E-state index in [2.05, 4.69) is 5.09 Å². The van der Waals surface area contributed by atoms with Gasteiger partial charge in [0.05, 0.1) is 45.0 Å². The molecule has 2 heterocycles. The Kier molecular flexibility index (Phi) is 12.1. The van der Waals surface area contributed by atoms with Gasteiger partial charge in [0, 0.05) is 22.3 Å². The zero-order chi connectivity index (χ0) is 30.1. The standard InChI is InChI=1S/C19H29FNO6P.C7H14FO2P/c1-13(2)25-18(22)14(3)21-28(23,27-16-9-7-6-8-10-16)24-12-17-11-19(5,20)15(4)26-17;1-5-7(2,8)3-6(10-5)4-9-11/h6-10,13-15,17H,11-12H2,1-5H3,(H,21,23);5-6H,3-4,11H2,1-2H3/t14-,15+,17+,19-,28?;5-,6-,7+/m10/s1/i;11D/t;5-,6-,7+,11?. The number of carbonyl (C=O) groups is 1. The van der Waals surface area contributed by atoms with Gasteiger partial charge in [-0.2, -0.15) is 5.09 Å². The Hall–Kier alpha value is -1.19. The summed E-state index contributed by atoms with van der Waals surface area (Å²) in [5, 5.41) is 2.59. The molecule has 2 fully saturated rings. The first-order chi connectivity index (χ1) is 18.6. The zero-order valence-electron chi connectivity index (χ0n) is 24.6. The van der Waals surface area contributed by atoms with E-state index in [9.17, 15) is 18.1 Å². The number of nitrogens with one attached hydrogen (secondary N) is 1. The third-order valence-electron chi connectivity index (χ3n) is 6.47. The number of para-hydroxylation sites is 1. The highest BCUT2D eigenvalue weighted by atomic mass is 31.2. The van der Waals surface area contributed by atoms with Crippen LogP contribution in [-0.2, 0) is 32.6 Å². The van der Waals surface area contributed by atoms with Gasteiger partial charge >= 0.3 is 13.7 Å². The van der Waals surface area contributed by atoms with Crippen LogP contribution in [0.5, 0.6) is 5.75 Å². The highest BCUT2D eigenvalue weighted by Crippen LogP contribution is 2.46. The molecule has 0 spiro atoms. The highest BCUT2D eigenvalue weighted by molar-refractivity contribution is 7.52. The Bertz CT molecular complexity index is 975. The molecule has 3 rings (SSSR count). The molecule has 1 aromatic carbocycles. The quantitative estimate of drug-likeness (QED) is 0.239. The molecular weight excluding hydrogens is 554 g/mol. The fourth-order valence-corrected chi connectivity index (χ4v) is 5.69. The first kappa shape index (κ1) is 32.3. The SMILES string of the molecule is CC(C)OC(=O)[C@@H](C)NP(=O)(OC[C@@H]1C[C@@](C)(F)[C@H](C)O1)Oc1ccccc1.[2H]POC[C@@H]1C[C@@](C)(F)[C@H](C)O1. The van der Waals surface area contributed by atoms with E-state index in [-0.39, 0.29) is 40.8 Å². The Morgan fingerprint density at radius 2 is 1.64 bits per heavy atom. The van der Waals surface area contributed by atoms with E-state index in [4.69, 9.17) is 29.1 Å². The van der Waals surface area contributed by atoms with Crippen LogP contribution in [0.4, 0.5) is 8.78 Å². The minimum atomic E-state index is -3.96. The minimum absolute atomic E-state index is 0.116. The summed E-state index contributed by atoms with van der Waals surface area (Å²) in [6.45, 7) is 11.5. The number of esters is 1. The van der Waals surface area contributed by atoms with Gasteiger partial charge in [-0.25, -0.2) is 13.3 Å². The number of rotatable bonds is 12. The third kappa shape index (κ3) is 11.0. The van der Waals surface area contributed by atoms with Gasteiger partial charge in [0.15, 0.2) is 0 Å². The number of halogens is 2. The summed E-state index contributed by atoms with van der Waals surface area (Å²) >= 11 is 0. The van der Waals surface area contributed by atoms with Gasteiger partial charge in [0.25, 0.3) is 0 Å². The van der Waals surface area contributed by atoms with Gasteiger partial charge in [-0.15, -0.1) is 0 Å². The Morgan fingerprint density at radius 3 is 2.10 bits per heavy atom. The second kappa shape index (κ2) is 14.6. The lowest BCUT2D eigenvalue weighted by Gasteiger charge is -2.24. The van der Waals surface area contributed by atoms with Crippen LogP contribution in [0, 0.1) is 0 Å². The summed E-state index contributed by atoms with van der Waals surface area (Å²) in [4.78, 5) is 12.1. The van der Waals surface area contributed by atoms with E-state index >= 15 is 0 Å². The van der Waals surface area contributed by atoms with Gasteiger partial charge in [-0.3, -0.25) is 9.32 Å². The maximum Gasteiger partial charge on any atom is 0.459 e. The Labute approximate surface area is 234 Å². The molecule has 0 radical (unpaired) electrons. The first-order valence-corrected chi connectivity index (χ1v) is 15.0. The average molecular weight is 599 g/mol. The summed E-state index contributed by atoms with van der Waals surface area (Å²) in [5.41, 5.74) is -2.72. The van der Waals surface area contributed by atoms with E-state index < -0.39 is 43.3 Å². The van der Waals surface area contributed by atoms with E-state index in [1.807, 2.05) is 0 Å². The van der Waals surface area contributed by atoms with Gasteiger partial charge < -0.3 is 23.3 Å². The van der Waals surface area contributed by atoms with Crippen molar-refractivity contribution >= 4 is 23.1 Å². The Morgan fingerprint density at radius 1 is 1.10 bits per heavy atom. The van der Waals surface area contributed by atoms with Crippen LogP contribution in [-0.4, -0.2) is 68.4 Å². The van der Waals surface area contributed by atoms with Crippen molar-refractivity contribution in [1.82, 2.24) is 5.09 Å². The van der Waals surface area contributed by atoms with Crippen molar-refractivity contribution < 1.29 is 45.9 Å². The van der Waals surface area contributed by atoms with Crippen LogP contribution in [0.15, 0.2) is 30.3 Å².